The molecule has 0 atom stereocenters. The van der Waals surface area contributed by atoms with Crippen LogP contribution in [0.2, 0.25) is 5.02 Å². The molecule has 0 heterocycles. The first-order valence-corrected chi connectivity index (χ1v) is 7.76. The molecule has 0 fully saturated rings. The summed E-state index contributed by atoms with van der Waals surface area (Å²) in [5.41, 5.74) is 2.45. The molecule has 120 valence electrons. The zero-order valence-corrected chi connectivity index (χ0v) is 13.8. The molecule has 0 amide bonds. The van der Waals surface area contributed by atoms with Crippen LogP contribution in [0.5, 0.6) is 0 Å². The first kappa shape index (κ1) is 17.0. The van der Waals surface area contributed by atoms with Crippen LogP contribution in [0.4, 0.5) is 17.1 Å². The van der Waals surface area contributed by atoms with Gasteiger partial charge in [0.2, 0.25) is 0 Å². The molecule has 2 rings (SSSR count). The van der Waals surface area contributed by atoms with E-state index in [2.05, 4.69) is 23.7 Å². The molecule has 0 unspecified atom stereocenters. The quantitative estimate of drug-likeness (QED) is 0.432. The molecule has 0 saturated carbocycles. The number of nitrogens with zero attached hydrogens (tertiary/aromatic N) is 3. The second-order valence-electron chi connectivity index (χ2n) is 4.91. The molecule has 2 aromatic carbocycles. The summed E-state index contributed by atoms with van der Waals surface area (Å²) in [6.45, 7) is 6.13. The number of halogens is 1. The average molecular weight is 332 g/mol. The van der Waals surface area contributed by atoms with Gasteiger partial charge in [-0.15, -0.1) is 0 Å². The topological polar surface area (TPSA) is 58.7 Å². The van der Waals surface area contributed by atoms with Crippen molar-refractivity contribution in [2.45, 2.75) is 13.8 Å². The summed E-state index contributed by atoms with van der Waals surface area (Å²) in [5.74, 6) is 0. The van der Waals surface area contributed by atoms with E-state index >= 15 is 0 Å². The van der Waals surface area contributed by atoms with Crippen molar-refractivity contribution < 1.29 is 4.92 Å². The van der Waals surface area contributed by atoms with Crippen LogP contribution in [0.25, 0.3) is 0 Å². The van der Waals surface area contributed by atoms with Crippen molar-refractivity contribution in [3.8, 4) is 0 Å². The fourth-order valence-electron chi connectivity index (χ4n) is 2.24. The van der Waals surface area contributed by atoms with Crippen LogP contribution in [-0.2, 0) is 0 Å². The second-order valence-corrected chi connectivity index (χ2v) is 5.32. The number of rotatable bonds is 6. The summed E-state index contributed by atoms with van der Waals surface area (Å²) in [6, 6.07) is 12.5. The fraction of sp³-hybridized carbons (Fsp3) is 0.235. The molecule has 0 aliphatic heterocycles. The number of hydrogen-bond donors (Lipinski definition) is 0. The summed E-state index contributed by atoms with van der Waals surface area (Å²) in [4.78, 5) is 17.0. The van der Waals surface area contributed by atoms with E-state index in [0.717, 1.165) is 24.5 Å². The van der Waals surface area contributed by atoms with Gasteiger partial charge in [0.05, 0.1) is 10.6 Å². The van der Waals surface area contributed by atoms with Crippen LogP contribution in [0.3, 0.4) is 0 Å². The highest BCUT2D eigenvalue weighted by molar-refractivity contribution is 6.32. The monoisotopic (exact) mass is 331 g/mol. The molecular weight excluding hydrogens is 314 g/mol. The lowest BCUT2D eigenvalue weighted by molar-refractivity contribution is -0.384. The van der Waals surface area contributed by atoms with Crippen molar-refractivity contribution in [1.82, 2.24) is 0 Å². The lowest BCUT2D eigenvalue weighted by atomic mass is 10.2. The van der Waals surface area contributed by atoms with Gasteiger partial charge >= 0.3 is 0 Å². The van der Waals surface area contributed by atoms with Crippen molar-refractivity contribution in [2.75, 3.05) is 18.0 Å². The van der Waals surface area contributed by atoms with Gasteiger partial charge in [0.25, 0.3) is 5.69 Å². The molecule has 0 N–H and O–H groups in total. The van der Waals surface area contributed by atoms with E-state index in [4.69, 9.17) is 11.6 Å². The number of nitro groups is 1. The SMILES string of the molecule is CCN(CC)c1ccc(N=Cc2ccc(Cl)c([N+](=O)[O-])c2)cc1. The summed E-state index contributed by atoms with van der Waals surface area (Å²) in [5, 5.41) is 11.0. The summed E-state index contributed by atoms with van der Waals surface area (Å²) < 4.78 is 0. The van der Waals surface area contributed by atoms with Gasteiger partial charge in [-0.05, 0) is 49.7 Å². The lowest BCUT2D eigenvalue weighted by Gasteiger charge is -2.20. The number of benzene rings is 2. The van der Waals surface area contributed by atoms with E-state index in [1.54, 1.807) is 12.3 Å². The Morgan fingerprint density at radius 2 is 1.83 bits per heavy atom. The van der Waals surface area contributed by atoms with Gasteiger partial charge in [0.15, 0.2) is 0 Å². The van der Waals surface area contributed by atoms with Crippen LogP contribution < -0.4 is 4.90 Å². The van der Waals surface area contributed by atoms with Crippen molar-refractivity contribution in [2.24, 2.45) is 4.99 Å². The first-order valence-electron chi connectivity index (χ1n) is 7.38. The standard InChI is InChI=1S/C17H18ClN3O2/c1-3-20(4-2)15-8-6-14(7-9-15)19-12-13-5-10-16(18)17(11-13)21(22)23/h5-12H,3-4H2,1-2H3. The maximum atomic E-state index is 10.9. The van der Waals surface area contributed by atoms with Crippen LogP contribution in [0, 0.1) is 10.1 Å². The molecule has 23 heavy (non-hydrogen) atoms. The lowest BCUT2D eigenvalue weighted by Crippen LogP contribution is -2.21. The number of nitro benzene ring substituents is 1. The van der Waals surface area contributed by atoms with Gasteiger partial charge in [0, 0.05) is 31.1 Å². The minimum absolute atomic E-state index is 0.118. The highest BCUT2D eigenvalue weighted by Gasteiger charge is 2.11. The summed E-state index contributed by atoms with van der Waals surface area (Å²) >= 11 is 5.79. The van der Waals surface area contributed by atoms with Gasteiger partial charge in [0.1, 0.15) is 5.02 Å². The average Bonchev–Trinajstić information content (AvgIpc) is 2.56. The van der Waals surface area contributed by atoms with Crippen LogP contribution in [0.1, 0.15) is 19.4 Å². The number of aliphatic imine (C=N–C) groups is 1. The molecule has 0 saturated heterocycles. The Hall–Kier alpha value is -2.40. The van der Waals surface area contributed by atoms with E-state index < -0.39 is 4.92 Å². The molecule has 2 aromatic rings. The zero-order chi connectivity index (χ0) is 16.8. The Labute approximate surface area is 140 Å². The van der Waals surface area contributed by atoms with E-state index in [0.29, 0.717) is 5.56 Å². The van der Waals surface area contributed by atoms with Gasteiger partial charge < -0.3 is 4.90 Å². The number of anilines is 1. The molecule has 0 radical (unpaired) electrons. The van der Waals surface area contributed by atoms with Crippen LogP contribution in [0.15, 0.2) is 47.5 Å². The Balaban J connectivity index is 2.17. The van der Waals surface area contributed by atoms with Crippen molar-refractivity contribution in [3.05, 3.63) is 63.2 Å². The number of hydrogen-bond acceptors (Lipinski definition) is 4. The third kappa shape index (κ3) is 4.29. The predicted octanol–water partition coefficient (Wildman–Crippen LogP) is 4.85. The van der Waals surface area contributed by atoms with Crippen LogP contribution >= 0.6 is 11.6 Å². The molecule has 6 heteroatoms. The zero-order valence-electron chi connectivity index (χ0n) is 13.1. The van der Waals surface area contributed by atoms with E-state index in [1.165, 1.54) is 12.1 Å². The van der Waals surface area contributed by atoms with Crippen molar-refractivity contribution in [1.29, 1.82) is 0 Å². The molecule has 0 aromatic heterocycles. The fourth-order valence-corrected chi connectivity index (χ4v) is 2.42. The van der Waals surface area contributed by atoms with Crippen LogP contribution in [-0.4, -0.2) is 24.2 Å². The van der Waals surface area contributed by atoms with Crippen molar-refractivity contribution in [3.63, 3.8) is 0 Å². The third-order valence-corrected chi connectivity index (χ3v) is 3.83. The highest BCUT2D eigenvalue weighted by atomic mass is 35.5. The van der Waals surface area contributed by atoms with Gasteiger partial charge in [-0.25, -0.2) is 0 Å². The summed E-state index contributed by atoms with van der Waals surface area (Å²) in [7, 11) is 0. The molecule has 5 nitrogen and oxygen atoms in total. The van der Waals surface area contributed by atoms with Gasteiger partial charge in [-0.2, -0.15) is 0 Å². The maximum Gasteiger partial charge on any atom is 0.288 e. The Morgan fingerprint density at radius 1 is 1.17 bits per heavy atom. The molecular formula is C17H18ClN3O2. The molecule has 0 aliphatic carbocycles. The predicted molar refractivity (Wildman–Crippen MR) is 95.4 cm³/mol. The Kier molecular flexibility index (Phi) is 5.71. The molecule has 0 spiro atoms. The third-order valence-electron chi connectivity index (χ3n) is 3.51. The first-order chi connectivity index (χ1) is 11.0. The van der Waals surface area contributed by atoms with Gasteiger partial charge in [-0.3, -0.25) is 15.1 Å². The smallest absolute Gasteiger partial charge is 0.288 e. The second kappa shape index (κ2) is 7.74. The summed E-state index contributed by atoms with van der Waals surface area (Å²) in [6.07, 6.45) is 1.59. The van der Waals surface area contributed by atoms with Gasteiger partial charge in [-0.1, -0.05) is 17.7 Å². The highest BCUT2D eigenvalue weighted by Crippen LogP contribution is 2.25. The molecule has 0 aliphatic rings. The normalized spacial score (nSPS) is 10.9. The molecule has 0 bridgehead atoms. The largest absolute Gasteiger partial charge is 0.372 e. The van der Waals surface area contributed by atoms with Crippen molar-refractivity contribution >= 4 is 34.9 Å². The van der Waals surface area contributed by atoms with E-state index in [1.807, 2.05) is 24.3 Å². The maximum absolute atomic E-state index is 10.9. The Morgan fingerprint density at radius 3 is 2.39 bits per heavy atom. The Bertz CT molecular complexity index is 710. The minimum Gasteiger partial charge on any atom is -0.372 e. The minimum atomic E-state index is -0.501. The van der Waals surface area contributed by atoms with E-state index in [-0.39, 0.29) is 10.7 Å². The van der Waals surface area contributed by atoms with E-state index in [9.17, 15) is 10.1 Å².